The van der Waals surface area contributed by atoms with Crippen LogP contribution < -0.4 is 65.5 Å². The molecule has 578 valence electrons. The lowest BCUT2D eigenvalue weighted by Crippen LogP contribution is -2.44. The lowest BCUT2D eigenvalue weighted by atomic mass is 10.1. The minimum absolute atomic E-state index is 0.121. The lowest BCUT2D eigenvalue weighted by Gasteiger charge is -2.34. The van der Waals surface area contributed by atoms with Crippen LogP contribution in [0.15, 0.2) is 214 Å². The zero-order chi connectivity index (χ0) is 78.7. The molecular weight excluding hydrogens is 1440 g/mol. The highest BCUT2D eigenvalue weighted by atomic mass is 16.5. The first-order valence-electron chi connectivity index (χ1n) is 36.6. The first-order valence-corrected chi connectivity index (χ1v) is 36.6. The lowest BCUT2D eigenvalue weighted by molar-refractivity contribution is -0.112. The third kappa shape index (κ3) is 20.1. The number of carbonyl (C=O) groups excluding carboxylic acids is 3. The molecule has 5 aromatic heterocycles. The standard InChI is InChI=1S/C29H30N6O3.C28H29N7O3.C26H28N8O3/c1-3-27(37)30-21-7-6-8-23(18-21)38-28-24-9-4-5-10-26(24)32-29(33-28)31-25-12-11-22(17-20(25)19-36)35-15-13-34(2)14-16-35;1-3-25(37)30-20-6-4-7-22(17-20)38-27-23-8-5-11-29-26(23)32-28(33-27)31-24-10-9-21(16-19(24)18-36)35-14-12-34(2)13-15-35;1-4-22(35)29-17-6-5-7-19(14-17)37-25-23-24(28-16-27-23)31-26(32-25)30-20-9-8-18(15-21(20)36-3)34-12-10-33(2)11-13-34/h3-12,17-18,36H,1,13-16,19H2,2H3,(H,30,37)(H,31,32,33);3-11,16-17,36H,1,12-15,18H2,2H3,(H,30,37)(H,29,31,32,33);4-9,14-16H,1,10-13H2,2-3H3,(H,29,35)(H2,27,28,30,31,32). The number of pyridine rings is 1. The number of piperazine rings is 3. The van der Waals surface area contributed by atoms with Gasteiger partial charge in [0.1, 0.15) is 28.5 Å². The van der Waals surface area contributed by atoms with Crippen molar-refractivity contribution in [2.24, 2.45) is 0 Å². The summed E-state index contributed by atoms with van der Waals surface area (Å²) in [5.41, 5.74) is 10.7. The molecule has 15 rings (SSSR count). The van der Waals surface area contributed by atoms with Gasteiger partial charge in [-0.3, -0.25) is 14.4 Å². The molecule has 0 bridgehead atoms. The maximum atomic E-state index is 11.7. The topological polar surface area (TPSA) is 339 Å². The number of nitrogens with zero attached hydrogens (tertiary/aromatic N) is 14. The number of amides is 3. The third-order valence-electron chi connectivity index (χ3n) is 18.8. The van der Waals surface area contributed by atoms with Crippen LogP contribution in [0.1, 0.15) is 11.1 Å². The summed E-state index contributed by atoms with van der Waals surface area (Å²) in [5.74, 6) is 3.10. The molecule has 30 nitrogen and oxygen atoms in total. The number of ether oxygens (including phenoxy) is 4. The van der Waals surface area contributed by atoms with Gasteiger partial charge in [-0.1, -0.05) is 50.1 Å². The number of rotatable bonds is 24. The Hall–Kier alpha value is -13.7. The molecule has 0 atom stereocenters. The highest BCUT2D eigenvalue weighted by Gasteiger charge is 2.23. The van der Waals surface area contributed by atoms with Crippen LogP contribution in [0.25, 0.3) is 33.1 Å². The normalized spacial score (nSPS) is 13.8. The van der Waals surface area contributed by atoms with Crippen LogP contribution in [0.5, 0.6) is 40.6 Å². The smallest absolute Gasteiger partial charge is 0.250 e. The SMILES string of the molecule is C=CC(=O)Nc1cccc(Oc2nc(Nc3ccc(N4CCN(C)CC4)cc3CO)nc3ccccc23)c1.C=CC(=O)Nc1cccc(Oc2nc(Nc3ccc(N4CCN(C)CC4)cc3CO)nc3ncccc23)c1.C=CC(=O)Nc1cccc(Oc2nc(Nc3ccc(N4CCN(C)CC4)cc3OC)nc3nc[nH]c23)c1. The fraction of sp³-hybridized carbons (Fsp3) is 0.217. The van der Waals surface area contributed by atoms with Gasteiger partial charge in [0.2, 0.25) is 47.3 Å². The van der Waals surface area contributed by atoms with E-state index in [0.29, 0.717) is 97.1 Å². The number of anilines is 12. The Balaban J connectivity index is 0.000000148. The van der Waals surface area contributed by atoms with E-state index in [4.69, 9.17) is 18.9 Å². The largest absolute Gasteiger partial charge is 0.494 e. The Morgan fingerprint density at radius 2 is 0.858 bits per heavy atom. The number of aromatic amines is 1. The van der Waals surface area contributed by atoms with Crippen molar-refractivity contribution in [3.05, 3.63) is 225 Å². The number of imidazole rings is 1. The number of benzene rings is 7. The molecule has 3 saturated heterocycles. The molecule has 0 unspecified atom stereocenters. The quantitative estimate of drug-likeness (QED) is 0.0254. The van der Waals surface area contributed by atoms with Crippen LogP contribution in [0, 0.1) is 0 Å². The molecular formula is C83H87N21O9. The van der Waals surface area contributed by atoms with Crippen molar-refractivity contribution in [3.8, 4) is 40.6 Å². The number of likely N-dealkylation sites (N-methyl/N-ethyl adjacent to an activating group) is 3. The molecule has 12 aromatic rings. The number of hydrogen-bond donors (Lipinski definition) is 9. The second-order valence-corrected chi connectivity index (χ2v) is 26.6. The number of carbonyl (C=O) groups is 3. The number of H-pyrrole nitrogens is 1. The Kier molecular flexibility index (Phi) is 25.2. The van der Waals surface area contributed by atoms with E-state index in [1.54, 1.807) is 92.2 Å². The number of aliphatic hydroxyl groups is 2. The molecule has 3 amide bonds. The first kappa shape index (κ1) is 77.5. The fourth-order valence-electron chi connectivity index (χ4n) is 12.6. The number of nitrogens with one attached hydrogen (secondary N) is 7. The van der Waals surface area contributed by atoms with Gasteiger partial charge in [0, 0.05) is 166 Å². The Morgan fingerprint density at radius 1 is 0.442 bits per heavy atom. The fourth-order valence-corrected chi connectivity index (χ4v) is 12.6. The van der Waals surface area contributed by atoms with Crippen molar-refractivity contribution in [2.45, 2.75) is 13.2 Å². The van der Waals surface area contributed by atoms with Crippen LogP contribution in [0.2, 0.25) is 0 Å². The summed E-state index contributed by atoms with van der Waals surface area (Å²) in [7, 11) is 8.02. The maximum Gasteiger partial charge on any atom is 0.250 e. The molecule has 0 saturated carbocycles. The van der Waals surface area contributed by atoms with Crippen molar-refractivity contribution in [1.29, 1.82) is 0 Å². The van der Waals surface area contributed by atoms with Crippen molar-refractivity contribution < 1.29 is 43.5 Å². The first-order chi connectivity index (χ1) is 55.1. The number of fused-ring (bicyclic) bond motifs is 3. The second-order valence-electron chi connectivity index (χ2n) is 26.6. The molecule has 0 aliphatic carbocycles. The molecule has 7 aromatic carbocycles. The van der Waals surface area contributed by atoms with E-state index in [2.05, 4.69) is 153 Å². The summed E-state index contributed by atoms with van der Waals surface area (Å²) >= 11 is 0. The minimum Gasteiger partial charge on any atom is -0.494 e. The van der Waals surface area contributed by atoms with Crippen molar-refractivity contribution in [3.63, 3.8) is 0 Å². The van der Waals surface area contributed by atoms with Gasteiger partial charge in [0.15, 0.2) is 11.3 Å². The Morgan fingerprint density at radius 3 is 1.34 bits per heavy atom. The molecule has 30 heteroatoms. The zero-order valence-corrected chi connectivity index (χ0v) is 63.0. The molecule has 3 aliphatic rings. The van der Waals surface area contributed by atoms with Crippen LogP contribution >= 0.6 is 0 Å². The molecule has 3 aliphatic heterocycles. The van der Waals surface area contributed by atoms with Crippen molar-refractivity contribution >= 4 is 120 Å². The molecule has 8 heterocycles. The maximum absolute atomic E-state index is 11.7. The molecule has 9 N–H and O–H groups in total. The highest BCUT2D eigenvalue weighted by Crippen LogP contribution is 2.38. The van der Waals surface area contributed by atoms with Gasteiger partial charge in [-0.25, -0.2) is 15.0 Å². The van der Waals surface area contributed by atoms with Crippen molar-refractivity contribution in [1.82, 2.24) is 59.6 Å². The molecule has 113 heavy (non-hydrogen) atoms. The molecule has 3 fully saturated rings. The number of aromatic nitrogens is 9. The van der Waals surface area contributed by atoms with E-state index in [9.17, 15) is 24.6 Å². The van der Waals surface area contributed by atoms with Gasteiger partial charge in [-0.2, -0.15) is 24.9 Å². The second kappa shape index (κ2) is 36.7. The van der Waals surface area contributed by atoms with E-state index >= 15 is 0 Å². The summed E-state index contributed by atoms with van der Waals surface area (Å²) in [4.78, 5) is 88.2. The average Bonchev–Trinajstić information content (AvgIpc) is 1.79. The average molecular weight is 1520 g/mol. The summed E-state index contributed by atoms with van der Waals surface area (Å²) in [6.07, 6.45) is 6.80. The Bertz CT molecular complexity index is 5190. The van der Waals surface area contributed by atoms with E-state index in [1.807, 2.05) is 78.9 Å². The molecule has 0 radical (unpaired) electrons. The van der Waals surface area contributed by atoms with Gasteiger partial charge in [0.25, 0.3) is 5.88 Å². The van der Waals surface area contributed by atoms with E-state index in [0.717, 1.165) is 123 Å². The number of methoxy groups -OCH3 is 1. The van der Waals surface area contributed by atoms with Crippen molar-refractivity contribution in [2.75, 3.05) is 153 Å². The Labute approximate surface area is 652 Å². The van der Waals surface area contributed by atoms with Crippen LogP contribution in [-0.2, 0) is 27.6 Å². The van der Waals surface area contributed by atoms with Gasteiger partial charge < -0.3 is 95.4 Å². The zero-order valence-electron chi connectivity index (χ0n) is 63.0. The summed E-state index contributed by atoms with van der Waals surface area (Å²) in [6, 6.07) is 50.2. The number of aliphatic hydroxyl groups excluding tert-OH is 2. The summed E-state index contributed by atoms with van der Waals surface area (Å²) in [6.45, 7) is 21.9. The van der Waals surface area contributed by atoms with E-state index in [1.165, 1.54) is 24.6 Å². The predicted octanol–water partition coefficient (Wildman–Crippen LogP) is 12.2. The minimum atomic E-state index is -0.316. The van der Waals surface area contributed by atoms with Crippen LogP contribution in [0.4, 0.5) is 69.0 Å². The van der Waals surface area contributed by atoms with E-state index < -0.39 is 0 Å². The summed E-state index contributed by atoms with van der Waals surface area (Å²) < 4.78 is 24.0. The summed E-state index contributed by atoms with van der Waals surface area (Å²) in [5, 5.41) is 39.5. The monoisotopic (exact) mass is 1520 g/mol. The number of hydrogen-bond acceptors (Lipinski definition) is 26. The van der Waals surface area contributed by atoms with Gasteiger partial charge in [-0.05, 0) is 149 Å². The van der Waals surface area contributed by atoms with Crippen LogP contribution in [0.3, 0.4) is 0 Å². The highest BCUT2D eigenvalue weighted by molar-refractivity contribution is 6.00. The van der Waals surface area contributed by atoms with Gasteiger partial charge in [-0.15, -0.1) is 0 Å². The number of para-hydroxylation sites is 1. The predicted molar refractivity (Wildman–Crippen MR) is 441 cm³/mol. The third-order valence-corrected chi connectivity index (χ3v) is 18.8. The van der Waals surface area contributed by atoms with Gasteiger partial charge >= 0.3 is 0 Å². The molecule has 0 spiro atoms. The van der Waals surface area contributed by atoms with Gasteiger partial charge in [0.05, 0.1) is 48.6 Å². The van der Waals surface area contributed by atoms with Crippen LogP contribution in [-0.4, -0.2) is 194 Å². The van der Waals surface area contributed by atoms with E-state index in [-0.39, 0.29) is 42.8 Å².